The Morgan fingerprint density at radius 1 is 1.35 bits per heavy atom. The van der Waals surface area contributed by atoms with Crippen LogP contribution in [-0.4, -0.2) is 32.9 Å². The molecule has 2 aromatic heterocycles. The fourth-order valence-electron chi connectivity index (χ4n) is 3.56. The summed E-state index contributed by atoms with van der Waals surface area (Å²) in [6.45, 7) is 8.09. The van der Waals surface area contributed by atoms with Gasteiger partial charge < -0.3 is 20.1 Å². The maximum absolute atomic E-state index is 9.50. The second-order valence-electron chi connectivity index (χ2n) is 6.40. The highest BCUT2D eigenvalue weighted by Crippen LogP contribution is 2.40. The van der Waals surface area contributed by atoms with Gasteiger partial charge in [-0.3, -0.25) is 0 Å². The molecule has 0 radical (unpaired) electrons. The number of nitrogen functional groups attached to an aromatic ring is 1. The van der Waals surface area contributed by atoms with Gasteiger partial charge in [0.1, 0.15) is 17.9 Å². The number of aliphatic hydroxyl groups is 1. The molecule has 0 amide bonds. The van der Waals surface area contributed by atoms with Crippen molar-refractivity contribution in [3.05, 3.63) is 17.1 Å². The molecule has 0 saturated carbocycles. The van der Waals surface area contributed by atoms with Gasteiger partial charge in [-0.2, -0.15) is 0 Å². The maximum atomic E-state index is 9.50. The molecule has 0 saturated heterocycles. The molecule has 3 N–H and O–H groups in total. The van der Waals surface area contributed by atoms with Crippen LogP contribution in [0.3, 0.4) is 0 Å². The fourth-order valence-corrected chi connectivity index (χ4v) is 3.56. The van der Waals surface area contributed by atoms with E-state index < -0.39 is 0 Å². The van der Waals surface area contributed by atoms with Gasteiger partial charge in [-0.05, 0) is 31.6 Å². The first-order chi connectivity index (χ1) is 11.1. The molecule has 6 heteroatoms. The van der Waals surface area contributed by atoms with Gasteiger partial charge in [0.2, 0.25) is 0 Å². The largest absolute Gasteiger partial charge is 0.395 e. The van der Waals surface area contributed by atoms with Crippen LogP contribution in [-0.2, 0) is 24.3 Å². The summed E-state index contributed by atoms with van der Waals surface area (Å²) in [5, 5.41) is 9.50. The van der Waals surface area contributed by atoms with Crippen molar-refractivity contribution in [2.75, 3.05) is 18.9 Å². The average molecular weight is 318 g/mol. The zero-order chi connectivity index (χ0) is 16.6. The van der Waals surface area contributed by atoms with Crippen molar-refractivity contribution in [2.45, 2.75) is 52.7 Å². The lowest BCUT2D eigenvalue weighted by Gasteiger charge is -2.29. The van der Waals surface area contributed by atoms with Crippen molar-refractivity contribution in [3.8, 4) is 0 Å². The van der Waals surface area contributed by atoms with E-state index in [-0.39, 0.29) is 6.61 Å². The summed E-state index contributed by atoms with van der Waals surface area (Å²) < 4.78 is 7.61. The van der Waals surface area contributed by atoms with Crippen LogP contribution in [0.1, 0.15) is 50.2 Å². The Balaban J connectivity index is 2.26. The summed E-state index contributed by atoms with van der Waals surface area (Å²) in [7, 11) is 0. The number of aliphatic hydroxyl groups excluding tert-OH is 1. The number of anilines is 1. The Morgan fingerprint density at radius 3 is 2.83 bits per heavy atom. The molecule has 3 rings (SSSR count). The second kappa shape index (κ2) is 6.45. The monoisotopic (exact) mass is 318 g/mol. The topological polar surface area (TPSA) is 86.2 Å². The smallest absolute Gasteiger partial charge is 0.151 e. The number of hydrogen-bond donors (Lipinski definition) is 2. The van der Waals surface area contributed by atoms with Gasteiger partial charge in [0.15, 0.2) is 5.82 Å². The third-order valence-corrected chi connectivity index (χ3v) is 5.01. The third-order valence-electron chi connectivity index (χ3n) is 5.01. The summed E-state index contributed by atoms with van der Waals surface area (Å²) in [5.41, 5.74) is 10.3. The highest BCUT2D eigenvalue weighted by atomic mass is 16.5. The number of nitrogens with two attached hydrogens (primary N) is 1. The van der Waals surface area contributed by atoms with Crippen LogP contribution in [0, 0.1) is 5.92 Å². The maximum Gasteiger partial charge on any atom is 0.151 e. The van der Waals surface area contributed by atoms with Gasteiger partial charge in [0.25, 0.3) is 0 Å². The zero-order valence-electron chi connectivity index (χ0n) is 14.2. The summed E-state index contributed by atoms with van der Waals surface area (Å²) in [4.78, 5) is 9.30. The Morgan fingerprint density at radius 2 is 2.13 bits per heavy atom. The minimum atomic E-state index is 0.0610. The lowest BCUT2D eigenvalue weighted by molar-refractivity contribution is 0.125. The lowest BCUT2D eigenvalue weighted by atomic mass is 9.78. The molecule has 2 atom stereocenters. The highest BCUT2D eigenvalue weighted by Gasteiger charge is 2.30. The summed E-state index contributed by atoms with van der Waals surface area (Å²) in [5.74, 6) is 2.30. The summed E-state index contributed by atoms with van der Waals surface area (Å²) in [6, 6.07) is 0. The van der Waals surface area contributed by atoms with Crippen LogP contribution in [0.4, 0.5) is 5.82 Å². The lowest BCUT2D eigenvalue weighted by Crippen LogP contribution is -2.20. The number of ether oxygens (including phenoxy) is 1. The van der Waals surface area contributed by atoms with E-state index in [1.807, 2.05) is 6.92 Å². The van der Waals surface area contributed by atoms with E-state index in [0.717, 1.165) is 35.4 Å². The second-order valence-corrected chi connectivity index (χ2v) is 6.40. The molecule has 6 nitrogen and oxygen atoms in total. The van der Waals surface area contributed by atoms with E-state index in [2.05, 4.69) is 28.4 Å². The first-order valence-corrected chi connectivity index (χ1v) is 8.44. The molecule has 0 aliphatic heterocycles. The quantitative estimate of drug-likeness (QED) is 0.883. The van der Waals surface area contributed by atoms with Crippen molar-refractivity contribution in [1.29, 1.82) is 0 Å². The average Bonchev–Trinajstić information content (AvgIpc) is 2.89. The fraction of sp³-hybridized carbons (Fsp3) is 0.647. The molecular weight excluding hydrogens is 292 g/mol. The van der Waals surface area contributed by atoms with E-state index in [1.54, 1.807) is 0 Å². The molecule has 0 aromatic carbocycles. The molecule has 2 aromatic rings. The molecule has 2 heterocycles. The number of aromatic nitrogens is 3. The SMILES string of the molecule is CCOCc1nc2c(N)nc3c(c2n1CCO)C(C)C(C)CC3. The van der Waals surface area contributed by atoms with Crippen molar-refractivity contribution in [2.24, 2.45) is 5.92 Å². The van der Waals surface area contributed by atoms with E-state index in [1.165, 1.54) is 5.56 Å². The first-order valence-electron chi connectivity index (χ1n) is 8.44. The zero-order valence-corrected chi connectivity index (χ0v) is 14.2. The molecule has 0 bridgehead atoms. The van der Waals surface area contributed by atoms with Crippen LogP contribution >= 0.6 is 0 Å². The highest BCUT2D eigenvalue weighted by molar-refractivity contribution is 5.89. The minimum absolute atomic E-state index is 0.0610. The van der Waals surface area contributed by atoms with Crippen LogP contribution in [0.15, 0.2) is 0 Å². The molecule has 1 aliphatic carbocycles. The number of nitrogens with zero attached hydrogens (tertiary/aromatic N) is 3. The van der Waals surface area contributed by atoms with E-state index in [0.29, 0.717) is 37.4 Å². The number of rotatable bonds is 5. The number of pyridine rings is 1. The van der Waals surface area contributed by atoms with Gasteiger partial charge in [-0.25, -0.2) is 9.97 Å². The Labute approximate surface area is 136 Å². The standard InChI is InChI=1S/C17H26N4O2/c1-4-23-9-13-20-15-16(21(13)7-8-22)14-11(3)10(2)5-6-12(14)19-17(15)18/h10-11,22H,4-9H2,1-3H3,(H2,18,19). The molecule has 1 aliphatic rings. The normalized spacial score (nSPS) is 20.9. The number of aryl methyl sites for hydroxylation is 1. The summed E-state index contributed by atoms with van der Waals surface area (Å²) >= 11 is 0. The molecule has 2 unspecified atom stereocenters. The Hall–Kier alpha value is -1.66. The molecular formula is C17H26N4O2. The number of imidazole rings is 1. The van der Waals surface area contributed by atoms with Crippen molar-refractivity contribution >= 4 is 16.9 Å². The van der Waals surface area contributed by atoms with Crippen molar-refractivity contribution in [3.63, 3.8) is 0 Å². The van der Waals surface area contributed by atoms with Crippen LogP contribution in [0.2, 0.25) is 0 Å². The molecule has 23 heavy (non-hydrogen) atoms. The number of hydrogen-bond acceptors (Lipinski definition) is 5. The van der Waals surface area contributed by atoms with Gasteiger partial charge in [-0.15, -0.1) is 0 Å². The first kappa shape index (κ1) is 16.2. The van der Waals surface area contributed by atoms with Gasteiger partial charge >= 0.3 is 0 Å². The minimum Gasteiger partial charge on any atom is -0.395 e. The van der Waals surface area contributed by atoms with Gasteiger partial charge in [-0.1, -0.05) is 13.8 Å². The van der Waals surface area contributed by atoms with E-state index in [4.69, 9.17) is 10.5 Å². The predicted molar refractivity (Wildman–Crippen MR) is 90.3 cm³/mol. The van der Waals surface area contributed by atoms with E-state index >= 15 is 0 Å². The van der Waals surface area contributed by atoms with Crippen LogP contribution < -0.4 is 5.73 Å². The van der Waals surface area contributed by atoms with Crippen molar-refractivity contribution < 1.29 is 9.84 Å². The van der Waals surface area contributed by atoms with E-state index in [9.17, 15) is 5.11 Å². The molecule has 0 spiro atoms. The number of fused-ring (bicyclic) bond motifs is 3. The predicted octanol–water partition coefficient (Wildman–Crippen LogP) is 2.23. The summed E-state index contributed by atoms with van der Waals surface area (Å²) in [6.07, 6.45) is 2.08. The van der Waals surface area contributed by atoms with Crippen LogP contribution in [0.5, 0.6) is 0 Å². The third kappa shape index (κ3) is 2.70. The Kier molecular flexibility index (Phi) is 4.55. The van der Waals surface area contributed by atoms with Crippen LogP contribution in [0.25, 0.3) is 11.0 Å². The van der Waals surface area contributed by atoms with Crippen molar-refractivity contribution in [1.82, 2.24) is 14.5 Å². The van der Waals surface area contributed by atoms with Gasteiger partial charge in [0.05, 0.1) is 12.1 Å². The molecule has 126 valence electrons. The Bertz CT molecular complexity index is 710. The van der Waals surface area contributed by atoms with Gasteiger partial charge in [0, 0.05) is 24.4 Å². The molecule has 0 fully saturated rings.